The van der Waals surface area contributed by atoms with Crippen LogP contribution in [-0.4, -0.2) is 5.96 Å². The van der Waals surface area contributed by atoms with Crippen LogP contribution < -0.4 is 10.6 Å². The van der Waals surface area contributed by atoms with Crippen molar-refractivity contribution in [2.24, 2.45) is 5.73 Å². The number of nitrogens with zero attached hydrogens (tertiary/aromatic N) is 1. The minimum atomic E-state index is 0.112. The molecule has 0 unspecified atom stereocenters. The van der Waals surface area contributed by atoms with Gasteiger partial charge in [-0.2, -0.15) is 0 Å². The van der Waals surface area contributed by atoms with Crippen molar-refractivity contribution in [1.29, 1.82) is 5.41 Å². The highest BCUT2D eigenvalue weighted by molar-refractivity contribution is 5.94. The second-order valence-electron chi connectivity index (χ2n) is 4.85. The maximum Gasteiger partial charge on any atom is 0.193 e. The summed E-state index contributed by atoms with van der Waals surface area (Å²) >= 11 is 0. The van der Waals surface area contributed by atoms with Crippen LogP contribution >= 0.6 is 0 Å². The van der Waals surface area contributed by atoms with Gasteiger partial charge in [0.05, 0.1) is 6.04 Å². The fourth-order valence-corrected chi connectivity index (χ4v) is 2.84. The van der Waals surface area contributed by atoms with Crippen LogP contribution in [0.5, 0.6) is 0 Å². The molecule has 0 saturated heterocycles. The van der Waals surface area contributed by atoms with E-state index in [0.717, 1.165) is 18.5 Å². The van der Waals surface area contributed by atoms with Crippen LogP contribution in [-0.2, 0) is 6.42 Å². The van der Waals surface area contributed by atoms with Crippen molar-refractivity contribution in [1.82, 2.24) is 0 Å². The zero-order valence-corrected chi connectivity index (χ0v) is 10.7. The summed E-state index contributed by atoms with van der Waals surface area (Å²) in [6, 6.07) is 18.7. The summed E-state index contributed by atoms with van der Waals surface area (Å²) in [5.74, 6) is 0.112. The molecular formula is C16H17N3. The molecule has 0 aromatic heterocycles. The maximum atomic E-state index is 7.90. The molecular weight excluding hydrogens is 234 g/mol. The summed E-state index contributed by atoms with van der Waals surface area (Å²) in [7, 11) is 0. The molecule has 1 atom stereocenters. The lowest BCUT2D eigenvalue weighted by Gasteiger charge is -2.37. The summed E-state index contributed by atoms with van der Waals surface area (Å²) in [5, 5.41) is 7.90. The van der Waals surface area contributed by atoms with Crippen molar-refractivity contribution in [2.45, 2.75) is 18.9 Å². The molecule has 3 heteroatoms. The van der Waals surface area contributed by atoms with Gasteiger partial charge in [0.15, 0.2) is 5.96 Å². The van der Waals surface area contributed by atoms with E-state index in [-0.39, 0.29) is 12.0 Å². The van der Waals surface area contributed by atoms with Crippen molar-refractivity contribution in [3.8, 4) is 0 Å². The number of hydrogen-bond acceptors (Lipinski definition) is 1. The summed E-state index contributed by atoms with van der Waals surface area (Å²) < 4.78 is 0. The molecule has 3 N–H and O–H groups in total. The standard InChI is InChI=1S/C16H17N3/c17-16(18)19-14-9-5-4-8-13(14)10-11-15(19)12-6-2-1-3-7-12/h1-9,15H,10-11H2,(H3,17,18)/t15-/m1/s1. The molecule has 19 heavy (non-hydrogen) atoms. The lowest BCUT2D eigenvalue weighted by molar-refractivity contribution is 0.611. The number of anilines is 1. The SMILES string of the molecule is N=C(N)N1c2ccccc2CC[C@@H]1c1ccccc1. The molecule has 3 nitrogen and oxygen atoms in total. The van der Waals surface area contributed by atoms with E-state index in [9.17, 15) is 0 Å². The van der Waals surface area contributed by atoms with Gasteiger partial charge in [-0.25, -0.2) is 0 Å². The van der Waals surface area contributed by atoms with Crippen LogP contribution in [0.1, 0.15) is 23.6 Å². The van der Waals surface area contributed by atoms with Crippen molar-refractivity contribution < 1.29 is 0 Å². The Morgan fingerprint density at radius 1 is 1.05 bits per heavy atom. The number of para-hydroxylation sites is 1. The van der Waals surface area contributed by atoms with Crippen LogP contribution in [0.15, 0.2) is 54.6 Å². The lowest BCUT2D eigenvalue weighted by atomic mass is 9.91. The Morgan fingerprint density at radius 2 is 1.74 bits per heavy atom. The van der Waals surface area contributed by atoms with Gasteiger partial charge in [0.1, 0.15) is 0 Å². The molecule has 0 aliphatic carbocycles. The minimum absolute atomic E-state index is 0.112. The Kier molecular flexibility index (Phi) is 2.95. The van der Waals surface area contributed by atoms with Gasteiger partial charge >= 0.3 is 0 Å². The van der Waals surface area contributed by atoms with Gasteiger partial charge in [0.25, 0.3) is 0 Å². The molecule has 0 spiro atoms. The molecule has 2 aromatic rings. The van der Waals surface area contributed by atoms with E-state index in [2.05, 4.69) is 18.2 Å². The quantitative estimate of drug-likeness (QED) is 0.604. The van der Waals surface area contributed by atoms with Gasteiger partial charge in [-0.15, -0.1) is 0 Å². The summed E-state index contributed by atoms with van der Waals surface area (Å²) in [6.45, 7) is 0. The second-order valence-corrected chi connectivity index (χ2v) is 4.85. The highest BCUT2D eigenvalue weighted by Crippen LogP contribution is 2.37. The van der Waals surface area contributed by atoms with Crippen molar-refractivity contribution in [3.05, 3.63) is 65.7 Å². The number of nitrogens with two attached hydrogens (primary N) is 1. The van der Waals surface area contributed by atoms with Crippen LogP contribution in [0.3, 0.4) is 0 Å². The first kappa shape index (κ1) is 11.8. The first-order valence-electron chi connectivity index (χ1n) is 6.53. The molecule has 1 aliphatic heterocycles. The number of aryl methyl sites for hydroxylation is 1. The van der Waals surface area contributed by atoms with Crippen molar-refractivity contribution >= 4 is 11.6 Å². The van der Waals surface area contributed by atoms with Gasteiger partial charge in [-0.3, -0.25) is 5.41 Å². The first-order valence-corrected chi connectivity index (χ1v) is 6.53. The fraction of sp³-hybridized carbons (Fsp3) is 0.188. The van der Waals surface area contributed by atoms with E-state index in [1.54, 1.807) is 0 Å². The highest BCUT2D eigenvalue weighted by Gasteiger charge is 2.28. The van der Waals surface area contributed by atoms with E-state index in [1.165, 1.54) is 11.1 Å². The average Bonchev–Trinajstić information content (AvgIpc) is 2.46. The van der Waals surface area contributed by atoms with Crippen molar-refractivity contribution in [2.75, 3.05) is 4.90 Å². The third kappa shape index (κ3) is 2.08. The fourth-order valence-electron chi connectivity index (χ4n) is 2.84. The molecule has 0 fully saturated rings. The molecule has 3 rings (SSSR count). The number of benzene rings is 2. The Balaban J connectivity index is 2.06. The van der Waals surface area contributed by atoms with E-state index >= 15 is 0 Å². The van der Waals surface area contributed by atoms with Crippen LogP contribution in [0.25, 0.3) is 0 Å². The molecule has 2 aromatic carbocycles. The van der Waals surface area contributed by atoms with Gasteiger partial charge < -0.3 is 10.6 Å². The predicted molar refractivity (Wildman–Crippen MR) is 78.3 cm³/mol. The number of guanidine groups is 1. The van der Waals surface area contributed by atoms with Gasteiger partial charge in [-0.1, -0.05) is 48.5 Å². The van der Waals surface area contributed by atoms with Crippen LogP contribution in [0.4, 0.5) is 5.69 Å². The third-order valence-electron chi connectivity index (χ3n) is 3.69. The third-order valence-corrected chi connectivity index (χ3v) is 3.69. The van der Waals surface area contributed by atoms with Gasteiger partial charge in [-0.05, 0) is 30.0 Å². The van der Waals surface area contributed by atoms with Gasteiger partial charge in [0, 0.05) is 5.69 Å². The Hall–Kier alpha value is -2.29. The molecule has 0 radical (unpaired) electrons. The highest BCUT2D eigenvalue weighted by atomic mass is 15.3. The summed E-state index contributed by atoms with van der Waals surface area (Å²) in [6.07, 6.45) is 2.01. The average molecular weight is 251 g/mol. The molecule has 1 aliphatic rings. The monoisotopic (exact) mass is 251 g/mol. The molecule has 0 amide bonds. The van der Waals surface area contributed by atoms with E-state index in [4.69, 9.17) is 11.1 Å². The Morgan fingerprint density at radius 3 is 2.47 bits per heavy atom. The predicted octanol–water partition coefficient (Wildman–Crippen LogP) is 3.07. The molecule has 96 valence electrons. The van der Waals surface area contributed by atoms with E-state index in [0.29, 0.717) is 0 Å². The lowest BCUT2D eigenvalue weighted by Crippen LogP contribution is -2.42. The maximum absolute atomic E-state index is 7.90. The second kappa shape index (κ2) is 4.76. The Bertz CT molecular complexity index is 592. The number of hydrogen-bond donors (Lipinski definition) is 2. The smallest absolute Gasteiger partial charge is 0.193 e. The topological polar surface area (TPSA) is 53.1 Å². The number of nitrogens with one attached hydrogen (secondary N) is 1. The van der Waals surface area contributed by atoms with E-state index in [1.807, 2.05) is 41.3 Å². The van der Waals surface area contributed by atoms with Crippen LogP contribution in [0.2, 0.25) is 0 Å². The van der Waals surface area contributed by atoms with Gasteiger partial charge in [0.2, 0.25) is 0 Å². The zero-order chi connectivity index (χ0) is 13.2. The Labute approximate surface area is 113 Å². The summed E-state index contributed by atoms with van der Waals surface area (Å²) in [5.41, 5.74) is 9.37. The zero-order valence-electron chi connectivity index (χ0n) is 10.7. The first-order chi connectivity index (χ1) is 9.27. The number of rotatable bonds is 1. The van der Waals surface area contributed by atoms with E-state index < -0.39 is 0 Å². The largest absolute Gasteiger partial charge is 0.370 e. The summed E-state index contributed by atoms with van der Waals surface area (Å²) in [4.78, 5) is 1.94. The number of fused-ring (bicyclic) bond motifs is 1. The molecule has 0 bridgehead atoms. The molecule has 1 heterocycles. The van der Waals surface area contributed by atoms with Crippen LogP contribution in [0, 0.1) is 5.41 Å². The van der Waals surface area contributed by atoms with Crippen molar-refractivity contribution in [3.63, 3.8) is 0 Å². The molecule has 0 saturated carbocycles. The minimum Gasteiger partial charge on any atom is -0.370 e. The normalized spacial score (nSPS) is 17.9.